The Hall–Kier alpha value is -1.11. The third-order valence-electron chi connectivity index (χ3n) is 3.59. The van der Waals surface area contributed by atoms with Crippen molar-refractivity contribution < 1.29 is 13.2 Å². The highest BCUT2D eigenvalue weighted by atomic mass is 32.2. The third kappa shape index (κ3) is 3.26. The lowest BCUT2D eigenvalue weighted by molar-refractivity contribution is 0.372. The van der Waals surface area contributed by atoms with Crippen LogP contribution in [0.1, 0.15) is 30.0 Å². The fourth-order valence-electron chi connectivity index (χ4n) is 2.50. The van der Waals surface area contributed by atoms with Crippen LogP contribution >= 0.6 is 0 Å². The Kier molecular flexibility index (Phi) is 4.13. The van der Waals surface area contributed by atoms with E-state index >= 15 is 0 Å². The molecule has 6 heteroatoms. The van der Waals surface area contributed by atoms with Crippen molar-refractivity contribution in [3.05, 3.63) is 29.3 Å². The number of hydrogen-bond donors (Lipinski definition) is 2. The molecule has 1 aliphatic rings. The normalized spacial score (nSPS) is 24.2. The average Bonchev–Trinajstić information content (AvgIpc) is 2.38. The van der Waals surface area contributed by atoms with Crippen LogP contribution in [0.25, 0.3) is 0 Å². The molecular weight excluding hydrogens is 264 g/mol. The predicted octanol–water partition coefficient (Wildman–Crippen LogP) is 1.09. The number of ether oxygens (including phenoxy) is 1. The molecule has 0 bridgehead atoms. The minimum atomic E-state index is -3.45. The van der Waals surface area contributed by atoms with Gasteiger partial charge in [0.05, 0.1) is 12.4 Å². The molecule has 1 saturated heterocycles. The molecule has 19 heavy (non-hydrogen) atoms. The smallest absolute Gasteiger partial charge is 0.213 e. The first-order chi connectivity index (χ1) is 8.91. The van der Waals surface area contributed by atoms with Gasteiger partial charge in [-0.1, -0.05) is 17.7 Å². The molecule has 1 heterocycles. The maximum Gasteiger partial charge on any atom is 0.213 e. The van der Waals surface area contributed by atoms with Gasteiger partial charge in [-0.3, -0.25) is 0 Å². The number of nitrogens with two attached hydrogens (primary N) is 1. The van der Waals surface area contributed by atoms with E-state index in [4.69, 9.17) is 9.88 Å². The van der Waals surface area contributed by atoms with E-state index in [1.165, 1.54) is 0 Å². The summed E-state index contributed by atoms with van der Waals surface area (Å²) in [5.74, 6) is 0.831. The van der Waals surface area contributed by atoms with Crippen LogP contribution in [0.4, 0.5) is 0 Å². The molecule has 0 saturated carbocycles. The Balaban J connectivity index is 2.16. The molecule has 1 aromatic carbocycles. The molecule has 1 fully saturated rings. The average molecular weight is 284 g/mol. The van der Waals surface area contributed by atoms with Gasteiger partial charge in [0.2, 0.25) is 10.0 Å². The van der Waals surface area contributed by atoms with Crippen LogP contribution in [0.2, 0.25) is 0 Å². The largest absolute Gasteiger partial charge is 0.496 e. The molecule has 5 nitrogen and oxygen atoms in total. The molecule has 3 N–H and O–H groups in total. The Morgan fingerprint density at radius 2 is 2.11 bits per heavy atom. The van der Waals surface area contributed by atoms with Gasteiger partial charge in [-0.25, -0.2) is 13.6 Å². The van der Waals surface area contributed by atoms with Crippen molar-refractivity contribution in [1.82, 2.24) is 5.32 Å². The third-order valence-corrected chi connectivity index (χ3v) is 4.93. The van der Waals surface area contributed by atoms with Gasteiger partial charge in [0.25, 0.3) is 0 Å². The van der Waals surface area contributed by atoms with Crippen molar-refractivity contribution in [3.63, 3.8) is 0 Å². The zero-order valence-corrected chi connectivity index (χ0v) is 12.0. The quantitative estimate of drug-likeness (QED) is 0.870. The zero-order chi connectivity index (χ0) is 14.0. The highest BCUT2D eigenvalue weighted by Gasteiger charge is 2.29. The van der Waals surface area contributed by atoms with Crippen LogP contribution in [0.5, 0.6) is 5.75 Å². The highest BCUT2D eigenvalue weighted by Crippen LogP contribution is 2.32. The van der Waals surface area contributed by atoms with Crippen molar-refractivity contribution in [2.24, 2.45) is 5.14 Å². The van der Waals surface area contributed by atoms with Crippen LogP contribution in [-0.2, 0) is 10.0 Å². The lowest BCUT2D eigenvalue weighted by atomic mass is 9.95. The molecule has 0 spiro atoms. The van der Waals surface area contributed by atoms with Crippen LogP contribution in [0, 0.1) is 6.92 Å². The molecule has 0 amide bonds. The molecule has 2 atom stereocenters. The number of hydrogen-bond acceptors (Lipinski definition) is 4. The molecule has 1 aromatic rings. The summed E-state index contributed by atoms with van der Waals surface area (Å²) in [6.07, 6.45) is 1.31. The Labute approximate surface area is 114 Å². The fraction of sp³-hybridized carbons (Fsp3) is 0.538. The van der Waals surface area contributed by atoms with E-state index in [1.807, 2.05) is 19.1 Å². The first-order valence-electron chi connectivity index (χ1n) is 6.31. The number of sulfonamides is 1. The lowest BCUT2D eigenvalue weighted by Gasteiger charge is -2.30. The van der Waals surface area contributed by atoms with Crippen LogP contribution in [0.15, 0.2) is 18.2 Å². The van der Waals surface area contributed by atoms with Gasteiger partial charge in [0, 0.05) is 18.2 Å². The minimum Gasteiger partial charge on any atom is -0.496 e. The van der Waals surface area contributed by atoms with Crippen LogP contribution < -0.4 is 15.2 Å². The van der Waals surface area contributed by atoms with Gasteiger partial charge in [0.15, 0.2) is 0 Å². The van der Waals surface area contributed by atoms with Gasteiger partial charge < -0.3 is 10.1 Å². The lowest BCUT2D eigenvalue weighted by Crippen LogP contribution is -2.43. The summed E-state index contributed by atoms with van der Waals surface area (Å²) < 4.78 is 28.0. The van der Waals surface area contributed by atoms with Gasteiger partial charge >= 0.3 is 0 Å². The second kappa shape index (κ2) is 5.48. The summed E-state index contributed by atoms with van der Waals surface area (Å²) in [5.41, 5.74) is 2.24. The van der Waals surface area contributed by atoms with E-state index in [9.17, 15) is 8.42 Å². The van der Waals surface area contributed by atoms with Crippen molar-refractivity contribution >= 4 is 10.0 Å². The molecule has 0 radical (unpaired) electrons. The van der Waals surface area contributed by atoms with Crippen molar-refractivity contribution in [1.29, 1.82) is 0 Å². The maximum atomic E-state index is 11.3. The van der Waals surface area contributed by atoms with E-state index in [0.717, 1.165) is 23.3 Å². The summed E-state index contributed by atoms with van der Waals surface area (Å²) >= 11 is 0. The van der Waals surface area contributed by atoms with Crippen LogP contribution in [-0.4, -0.2) is 27.3 Å². The van der Waals surface area contributed by atoms with E-state index in [-0.39, 0.29) is 6.04 Å². The molecule has 0 aromatic heterocycles. The predicted molar refractivity (Wildman–Crippen MR) is 74.6 cm³/mol. The summed E-state index contributed by atoms with van der Waals surface area (Å²) in [6, 6.07) is 6.14. The minimum absolute atomic E-state index is 0.118. The summed E-state index contributed by atoms with van der Waals surface area (Å²) in [4.78, 5) is 0. The first-order valence-corrected chi connectivity index (χ1v) is 7.92. The number of primary sulfonamides is 1. The zero-order valence-electron chi connectivity index (χ0n) is 11.2. The van der Waals surface area contributed by atoms with E-state index in [2.05, 4.69) is 11.4 Å². The molecule has 106 valence electrons. The summed E-state index contributed by atoms with van der Waals surface area (Å²) in [5, 5.41) is 7.95. The second-order valence-corrected chi connectivity index (χ2v) is 6.84. The second-order valence-electron chi connectivity index (χ2n) is 4.99. The molecule has 2 unspecified atom stereocenters. The molecule has 0 aliphatic carbocycles. The monoisotopic (exact) mass is 284 g/mol. The first kappa shape index (κ1) is 14.3. The van der Waals surface area contributed by atoms with Gasteiger partial charge in [-0.05, 0) is 25.8 Å². The van der Waals surface area contributed by atoms with Gasteiger partial charge in [0.1, 0.15) is 5.75 Å². The number of aryl methyl sites for hydroxylation is 1. The number of benzene rings is 1. The van der Waals surface area contributed by atoms with Crippen molar-refractivity contribution in [2.45, 2.75) is 31.1 Å². The van der Waals surface area contributed by atoms with Crippen molar-refractivity contribution in [2.75, 3.05) is 13.7 Å². The summed E-state index contributed by atoms with van der Waals surface area (Å²) in [6.45, 7) is 2.42. The standard InChI is InChI=1S/C13H20N2O3S/c1-9-3-6-13(18-2)11(7-9)12-5-4-10(8-15-12)19(14,16)17/h3,6-7,10,12,15H,4-5,8H2,1-2H3,(H2,14,16,17). The Bertz CT molecular complexity index is 549. The molecule has 2 rings (SSSR count). The number of nitrogens with one attached hydrogen (secondary N) is 1. The topological polar surface area (TPSA) is 81.4 Å². The van der Waals surface area contributed by atoms with E-state index in [0.29, 0.717) is 13.0 Å². The Morgan fingerprint density at radius 3 is 2.63 bits per heavy atom. The maximum absolute atomic E-state index is 11.3. The number of rotatable bonds is 3. The summed E-state index contributed by atoms with van der Waals surface area (Å²) in [7, 11) is -1.81. The van der Waals surface area contributed by atoms with Gasteiger partial charge in [-0.15, -0.1) is 0 Å². The van der Waals surface area contributed by atoms with Crippen molar-refractivity contribution in [3.8, 4) is 5.75 Å². The molecular formula is C13H20N2O3S. The van der Waals surface area contributed by atoms with Gasteiger partial charge in [-0.2, -0.15) is 0 Å². The van der Waals surface area contributed by atoms with E-state index < -0.39 is 15.3 Å². The number of piperidine rings is 1. The number of methoxy groups -OCH3 is 1. The van der Waals surface area contributed by atoms with E-state index in [1.54, 1.807) is 7.11 Å². The Morgan fingerprint density at radius 1 is 1.37 bits per heavy atom. The SMILES string of the molecule is COc1ccc(C)cc1C1CCC(S(N)(=O)=O)CN1. The highest BCUT2D eigenvalue weighted by molar-refractivity contribution is 7.89. The molecule has 1 aliphatic heterocycles. The fourth-order valence-corrected chi connectivity index (χ4v) is 3.30. The van der Waals surface area contributed by atoms with Crippen LogP contribution in [0.3, 0.4) is 0 Å².